The van der Waals surface area contributed by atoms with Crippen molar-refractivity contribution in [3.63, 3.8) is 0 Å². The molecular weight excluding hydrogens is 174 g/mol. The van der Waals surface area contributed by atoms with Gasteiger partial charge in [0.1, 0.15) is 0 Å². The van der Waals surface area contributed by atoms with Gasteiger partial charge in [-0.3, -0.25) is 0 Å². The Labute approximate surface area is 72.5 Å². The van der Waals surface area contributed by atoms with E-state index in [0.717, 1.165) is 11.5 Å². The van der Waals surface area contributed by atoms with Crippen LogP contribution in [0.15, 0.2) is 18.5 Å². The molecule has 0 aliphatic carbocycles. The molecule has 0 aliphatic rings. The van der Waals surface area contributed by atoms with E-state index in [-0.39, 0.29) is 0 Å². The van der Waals surface area contributed by atoms with Crippen LogP contribution in [0.2, 0.25) is 0 Å². The van der Waals surface area contributed by atoms with Crippen LogP contribution in [0, 0.1) is 0 Å². The Hall–Kier alpha value is -1.56. The number of nitrogens with zero attached hydrogens (tertiary/aromatic N) is 4. The van der Waals surface area contributed by atoms with Crippen LogP contribution in [0.4, 0.5) is 5.13 Å². The minimum absolute atomic E-state index is 0.428. The number of anilines is 1. The molecule has 5 nitrogen and oxygen atoms in total. The first-order valence-corrected chi connectivity index (χ1v) is 4.00. The van der Waals surface area contributed by atoms with Crippen LogP contribution in [-0.2, 0) is 0 Å². The second-order valence-electron chi connectivity index (χ2n) is 2.03. The molecule has 0 fully saturated rings. The van der Waals surface area contributed by atoms with Gasteiger partial charge in [0.15, 0.2) is 11.0 Å². The smallest absolute Gasteiger partial charge is 0.212 e. The van der Waals surface area contributed by atoms with Gasteiger partial charge in [0, 0.05) is 23.9 Å². The van der Waals surface area contributed by atoms with Crippen molar-refractivity contribution >= 4 is 16.7 Å². The van der Waals surface area contributed by atoms with Crippen LogP contribution < -0.4 is 5.73 Å². The molecule has 2 heterocycles. The summed E-state index contributed by atoms with van der Waals surface area (Å²) in [5.41, 5.74) is 5.41. The van der Waals surface area contributed by atoms with Crippen LogP contribution in [0.5, 0.6) is 0 Å². The van der Waals surface area contributed by atoms with Gasteiger partial charge in [-0.2, -0.15) is 9.36 Å². The normalized spacial score (nSPS) is 10.0. The first kappa shape index (κ1) is 7.11. The lowest BCUT2D eigenvalue weighted by Gasteiger charge is -1.88. The molecule has 2 N–H and O–H groups in total. The van der Waals surface area contributed by atoms with Crippen molar-refractivity contribution < 1.29 is 0 Å². The minimum Gasteiger partial charge on any atom is -0.374 e. The van der Waals surface area contributed by atoms with E-state index in [1.54, 1.807) is 18.5 Å². The van der Waals surface area contributed by atoms with E-state index in [0.29, 0.717) is 16.8 Å². The highest BCUT2D eigenvalue weighted by molar-refractivity contribution is 7.09. The van der Waals surface area contributed by atoms with E-state index in [1.807, 2.05) is 0 Å². The molecule has 0 radical (unpaired) electrons. The Kier molecular flexibility index (Phi) is 1.67. The molecule has 2 aromatic rings. The van der Waals surface area contributed by atoms with Crippen molar-refractivity contribution in [2.45, 2.75) is 0 Å². The van der Waals surface area contributed by atoms with Gasteiger partial charge in [-0.15, -0.1) is 0 Å². The first-order chi connectivity index (χ1) is 5.86. The number of nitrogens with two attached hydrogens (primary N) is 1. The maximum atomic E-state index is 5.41. The van der Waals surface area contributed by atoms with Crippen LogP contribution in [-0.4, -0.2) is 19.3 Å². The van der Waals surface area contributed by atoms with Crippen molar-refractivity contribution in [1.29, 1.82) is 0 Å². The quantitative estimate of drug-likeness (QED) is 0.692. The highest BCUT2D eigenvalue weighted by Gasteiger charge is 2.05. The molecule has 0 unspecified atom stereocenters. The second-order valence-corrected chi connectivity index (χ2v) is 2.81. The molecule has 0 amide bonds. The van der Waals surface area contributed by atoms with Crippen molar-refractivity contribution in [3.05, 3.63) is 18.5 Å². The molecule has 6 heteroatoms. The summed E-state index contributed by atoms with van der Waals surface area (Å²) in [6.45, 7) is 0. The van der Waals surface area contributed by atoms with Gasteiger partial charge in [-0.25, -0.2) is 9.97 Å². The lowest BCUT2D eigenvalue weighted by atomic mass is 10.5. The van der Waals surface area contributed by atoms with Crippen LogP contribution in [0.25, 0.3) is 11.6 Å². The first-order valence-electron chi connectivity index (χ1n) is 3.23. The molecule has 0 atom stereocenters. The van der Waals surface area contributed by atoms with E-state index in [9.17, 15) is 0 Å². The maximum Gasteiger partial charge on any atom is 0.212 e. The fourth-order valence-corrected chi connectivity index (χ4v) is 1.17. The standard InChI is InChI=1S/C6H5N5S/c7-6-10-5(11-12-6)4-8-2-1-3-9-4/h1-3H,(H2,7,10,11). The molecule has 0 bridgehead atoms. The van der Waals surface area contributed by atoms with Crippen molar-refractivity contribution in [2.75, 3.05) is 5.73 Å². The zero-order valence-corrected chi connectivity index (χ0v) is 6.82. The van der Waals surface area contributed by atoms with Gasteiger partial charge in [-0.05, 0) is 6.07 Å². The topological polar surface area (TPSA) is 77.6 Å². The predicted molar refractivity (Wildman–Crippen MR) is 45.3 cm³/mol. The van der Waals surface area contributed by atoms with E-state index in [1.165, 1.54) is 0 Å². The van der Waals surface area contributed by atoms with Crippen LogP contribution in [0.1, 0.15) is 0 Å². The SMILES string of the molecule is Nc1nc(-c2ncccn2)ns1. The number of hydrogen-bond acceptors (Lipinski definition) is 6. The van der Waals surface area contributed by atoms with Gasteiger partial charge in [0.05, 0.1) is 0 Å². The Bertz CT molecular complexity index is 370. The molecule has 12 heavy (non-hydrogen) atoms. The number of rotatable bonds is 1. The lowest BCUT2D eigenvalue weighted by molar-refractivity contribution is 1.13. The van der Waals surface area contributed by atoms with Gasteiger partial charge in [0.25, 0.3) is 0 Å². The molecular formula is C6H5N5S. The van der Waals surface area contributed by atoms with Crippen molar-refractivity contribution in [1.82, 2.24) is 19.3 Å². The van der Waals surface area contributed by atoms with Crippen molar-refractivity contribution in [3.8, 4) is 11.6 Å². The molecule has 2 aromatic heterocycles. The highest BCUT2D eigenvalue weighted by atomic mass is 32.1. The predicted octanol–water partition coefficient (Wildman–Crippen LogP) is 0.577. The largest absolute Gasteiger partial charge is 0.374 e. The Morgan fingerprint density at radius 1 is 1.17 bits per heavy atom. The summed E-state index contributed by atoms with van der Waals surface area (Å²) in [5.74, 6) is 0.989. The fraction of sp³-hybridized carbons (Fsp3) is 0. The molecule has 60 valence electrons. The second kappa shape index (κ2) is 2.82. The summed E-state index contributed by atoms with van der Waals surface area (Å²) in [5, 5.41) is 0.428. The number of hydrogen-bond donors (Lipinski definition) is 1. The summed E-state index contributed by atoms with van der Waals surface area (Å²) in [6, 6.07) is 1.74. The van der Waals surface area contributed by atoms with Crippen molar-refractivity contribution in [2.24, 2.45) is 0 Å². The van der Waals surface area contributed by atoms with Crippen LogP contribution >= 0.6 is 11.5 Å². The number of aromatic nitrogens is 4. The van der Waals surface area contributed by atoms with Gasteiger partial charge < -0.3 is 5.73 Å². The summed E-state index contributed by atoms with van der Waals surface area (Å²) in [4.78, 5) is 11.9. The molecule has 0 aliphatic heterocycles. The summed E-state index contributed by atoms with van der Waals surface area (Å²) < 4.78 is 3.97. The average molecular weight is 179 g/mol. The van der Waals surface area contributed by atoms with Gasteiger partial charge in [-0.1, -0.05) is 0 Å². The zero-order chi connectivity index (χ0) is 8.39. The molecule has 2 rings (SSSR count). The Balaban J connectivity index is 2.45. The highest BCUT2D eigenvalue weighted by Crippen LogP contribution is 2.13. The monoisotopic (exact) mass is 179 g/mol. The molecule has 0 spiro atoms. The molecule has 0 saturated carbocycles. The van der Waals surface area contributed by atoms with E-state index < -0.39 is 0 Å². The van der Waals surface area contributed by atoms with E-state index in [2.05, 4.69) is 19.3 Å². The summed E-state index contributed by atoms with van der Waals surface area (Å²) in [6.07, 6.45) is 3.28. The van der Waals surface area contributed by atoms with Gasteiger partial charge >= 0.3 is 0 Å². The van der Waals surface area contributed by atoms with E-state index >= 15 is 0 Å². The fourth-order valence-electron chi connectivity index (χ4n) is 0.741. The molecule has 0 saturated heterocycles. The lowest BCUT2D eigenvalue weighted by Crippen LogP contribution is -1.89. The maximum absolute atomic E-state index is 5.41. The van der Waals surface area contributed by atoms with E-state index in [4.69, 9.17) is 5.73 Å². The van der Waals surface area contributed by atoms with Gasteiger partial charge in [0.2, 0.25) is 5.82 Å². The van der Waals surface area contributed by atoms with Crippen LogP contribution in [0.3, 0.4) is 0 Å². The third kappa shape index (κ3) is 1.24. The Morgan fingerprint density at radius 2 is 1.92 bits per heavy atom. The third-order valence-electron chi connectivity index (χ3n) is 1.21. The minimum atomic E-state index is 0.428. The molecule has 0 aromatic carbocycles. The summed E-state index contributed by atoms with van der Waals surface area (Å²) >= 11 is 1.14. The zero-order valence-electron chi connectivity index (χ0n) is 6.01. The summed E-state index contributed by atoms with van der Waals surface area (Å²) in [7, 11) is 0. The number of nitrogen functional groups attached to an aromatic ring is 1. The Morgan fingerprint density at radius 3 is 2.50 bits per heavy atom. The third-order valence-corrected chi connectivity index (χ3v) is 1.75. The average Bonchev–Trinajstić information content (AvgIpc) is 2.54.